The van der Waals surface area contributed by atoms with E-state index in [0.29, 0.717) is 25.0 Å². The van der Waals surface area contributed by atoms with Gasteiger partial charge in [-0.05, 0) is 24.3 Å². The van der Waals surface area contributed by atoms with Crippen molar-refractivity contribution < 1.29 is 14.3 Å². The molecule has 1 saturated heterocycles. The lowest BCUT2D eigenvalue weighted by Crippen LogP contribution is -2.46. The Morgan fingerprint density at radius 1 is 1.35 bits per heavy atom. The van der Waals surface area contributed by atoms with E-state index in [1.165, 1.54) is 11.1 Å². The highest BCUT2D eigenvalue weighted by Gasteiger charge is 2.46. The molecule has 1 aromatic rings. The van der Waals surface area contributed by atoms with E-state index >= 15 is 0 Å². The van der Waals surface area contributed by atoms with E-state index in [4.69, 9.17) is 21.1 Å². The molecule has 3 nitrogen and oxygen atoms in total. The molecule has 0 radical (unpaired) electrons. The van der Waals surface area contributed by atoms with Crippen molar-refractivity contribution in [2.24, 2.45) is 23.7 Å². The largest absolute Gasteiger partial charge is 0.464 e. The highest BCUT2D eigenvalue weighted by molar-refractivity contribution is 6.26. The molecule has 2 aliphatic rings. The third kappa shape index (κ3) is 3.31. The number of alkyl halides is 1. The standard InChI is InChI=1S/C19H23ClO3/c1-12-8-13(2)18-16(11-22-17(21)9-20)15(12)10-23-19(18)14-6-4-3-5-7-14/h3-8,12,15-16,18-19H,9-11H2,1-2H3/t12-,15+,16+,18+,19+/m0/s1. The molecule has 0 amide bonds. The van der Waals surface area contributed by atoms with Crippen LogP contribution in [0.1, 0.15) is 25.5 Å². The van der Waals surface area contributed by atoms with E-state index in [0.717, 1.165) is 0 Å². The zero-order valence-corrected chi connectivity index (χ0v) is 14.3. The van der Waals surface area contributed by atoms with Crippen LogP contribution in [-0.4, -0.2) is 25.1 Å². The Balaban J connectivity index is 1.88. The molecule has 1 aliphatic carbocycles. The lowest BCUT2D eigenvalue weighted by Gasteiger charge is -2.48. The predicted octanol–water partition coefficient (Wildman–Crippen LogP) is 3.98. The van der Waals surface area contributed by atoms with E-state index in [2.05, 4.69) is 32.1 Å². The average molecular weight is 335 g/mol. The van der Waals surface area contributed by atoms with Gasteiger partial charge >= 0.3 is 5.97 Å². The minimum Gasteiger partial charge on any atom is -0.464 e. The maximum atomic E-state index is 11.5. The fourth-order valence-electron chi connectivity index (χ4n) is 4.10. The second kappa shape index (κ2) is 7.06. The Morgan fingerprint density at radius 2 is 2.09 bits per heavy atom. The van der Waals surface area contributed by atoms with Crippen molar-refractivity contribution in [3.63, 3.8) is 0 Å². The molecule has 0 aromatic heterocycles. The van der Waals surface area contributed by atoms with E-state index in [1.54, 1.807) is 0 Å². The predicted molar refractivity (Wildman–Crippen MR) is 90.2 cm³/mol. The maximum absolute atomic E-state index is 11.5. The molecule has 0 spiro atoms. The third-order valence-corrected chi connectivity index (χ3v) is 5.42. The van der Waals surface area contributed by atoms with Crippen molar-refractivity contribution in [2.45, 2.75) is 20.0 Å². The molecule has 23 heavy (non-hydrogen) atoms. The van der Waals surface area contributed by atoms with Crippen molar-refractivity contribution >= 4 is 17.6 Å². The van der Waals surface area contributed by atoms with Gasteiger partial charge in [0.1, 0.15) is 5.88 Å². The third-order valence-electron chi connectivity index (χ3n) is 5.21. The van der Waals surface area contributed by atoms with Crippen LogP contribution in [0.3, 0.4) is 0 Å². The number of allylic oxidation sites excluding steroid dienone is 1. The van der Waals surface area contributed by atoms with Crippen LogP contribution in [0.15, 0.2) is 42.0 Å². The average Bonchev–Trinajstić information content (AvgIpc) is 2.58. The van der Waals surface area contributed by atoms with Gasteiger partial charge in [-0.1, -0.05) is 48.9 Å². The number of hydrogen-bond acceptors (Lipinski definition) is 3. The molecule has 0 saturated carbocycles. The summed E-state index contributed by atoms with van der Waals surface area (Å²) in [6.07, 6.45) is 2.38. The lowest BCUT2D eigenvalue weighted by atomic mass is 9.64. The van der Waals surface area contributed by atoms with Crippen LogP contribution >= 0.6 is 11.6 Å². The summed E-state index contributed by atoms with van der Waals surface area (Å²) in [5.41, 5.74) is 2.51. The molecule has 0 unspecified atom stereocenters. The SMILES string of the molecule is CC1=C[C@H](C)[C@H]2CO[C@H](c3ccccc3)[C@H]1[C@@H]2COC(=O)CCl. The molecule has 1 heterocycles. The highest BCUT2D eigenvalue weighted by atomic mass is 35.5. The molecular formula is C19H23ClO3. The summed E-state index contributed by atoms with van der Waals surface area (Å²) in [6.45, 7) is 5.50. The first kappa shape index (κ1) is 16.5. The minimum absolute atomic E-state index is 0.0240. The fourth-order valence-corrected chi connectivity index (χ4v) is 4.18. The smallest absolute Gasteiger partial charge is 0.320 e. The Bertz CT molecular complexity index is 584. The summed E-state index contributed by atoms with van der Waals surface area (Å²) in [5, 5.41) is 0. The number of fused-ring (bicyclic) bond motifs is 2. The maximum Gasteiger partial charge on any atom is 0.320 e. The first-order valence-electron chi connectivity index (χ1n) is 8.18. The number of rotatable bonds is 4. The van der Waals surface area contributed by atoms with Crippen LogP contribution < -0.4 is 0 Å². The second-order valence-electron chi connectivity index (χ2n) is 6.60. The van der Waals surface area contributed by atoms with Gasteiger partial charge in [0, 0.05) is 11.8 Å². The lowest BCUT2D eigenvalue weighted by molar-refractivity contribution is -0.152. The normalized spacial score (nSPS) is 33.0. The molecule has 5 atom stereocenters. The molecule has 3 rings (SSSR count). The van der Waals surface area contributed by atoms with Crippen molar-refractivity contribution in [1.29, 1.82) is 0 Å². The van der Waals surface area contributed by atoms with Gasteiger partial charge in [-0.2, -0.15) is 0 Å². The van der Waals surface area contributed by atoms with Crippen molar-refractivity contribution in [2.75, 3.05) is 19.1 Å². The summed E-state index contributed by atoms with van der Waals surface area (Å²) >= 11 is 5.56. The van der Waals surface area contributed by atoms with Crippen LogP contribution in [-0.2, 0) is 14.3 Å². The zero-order valence-electron chi connectivity index (χ0n) is 13.6. The number of carbonyl (C=O) groups excluding carboxylic acids is 1. The topological polar surface area (TPSA) is 35.5 Å². The Kier molecular flexibility index (Phi) is 5.08. The second-order valence-corrected chi connectivity index (χ2v) is 6.87. The van der Waals surface area contributed by atoms with Crippen LogP contribution in [0.5, 0.6) is 0 Å². The number of esters is 1. The Labute approximate surface area is 142 Å². The van der Waals surface area contributed by atoms with Crippen molar-refractivity contribution in [1.82, 2.24) is 0 Å². The number of halogens is 1. The van der Waals surface area contributed by atoms with Gasteiger partial charge in [-0.25, -0.2) is 0 Å². The van der Waals surface area contributed by atoms with E-state index in [9.17, 15) is 4.79 Å². The monoisotopic (exact) mass is 334 g/mol. The zero-order chi connectivity index (χ0) is 16.4. The van der Waals surface area contributed by atoms with Gasteiger partial charge in [0.05, 0.1) is 19.3 Å². The van der Waals surface area contributed by atoms with E-state index < -0.39 is 0 Å². The molecule has 4 heteroatoms. The first-order valence-corrected chi connectivity index (χ1v) is 8.71. The van der Waals surface area contributed by atoms with Crippen LogP contribution in [0.25, 0.3) is 0 Å². The van der Waals surface area contributed by atoms with Gasteiger partial charge in [0.2, 0.25) is 0 Å². The van der Waals surface area contributed by atoms with Crippen LogP contribution in [0, 0.1) is 23.7 Å². The number of hydrogen-bond donors (Lipinski definition) is 0. The Hall–Kier alpha value is -1.32. The Morgan fingerprint density at radius 3 is 2.78 bits per heavy atom. The van der Waals surface area contributed by atoms with Gasteiger partial charge < -0.3 is 9.47 Å². The molecule has 124 valence electrons. The van der Waals surface area contributed by atoms with Crippen molar-refractivity contribution in [3.8, 4) is 0 Å². The fraction of sp³-hybridized carbons (Fsp3) is 0.526. The number of benzene rings is 1. The number of ether oxygens (including phenoxy) is 2. The summed E-state index contributed by atoms with van der Waals surface area (Å²) in [5.74, 6) is 0.901. The number of carbonyl (C=O) groups is 1. The molecular weight excluding hydrogens is 312 g/mol. The summed E-state index contributed by atoms with van der Waals surface area (Å²) in [7, 11) is 0. The van der Waals surface area contributed by atoms with E-state index in [-0.39, 0.29) is 29.8 Å². The van der Waals surface area contributed by atoms with Gasteiger partial charge in [-0.15, -0.1) is 11.6 Å². The van der Waals surface area contributed by atoms with Gasteiger partial charge in [0.15, 0.2) is 0 Å². The molecule has 1 aromatic carbocycles. The molecule has 1 aliphatic heterocycles. The molecule has 0 N–H and O–H groups in total. The molecule has 1 fully saturated rings. The van der Waals surface area contributed by atoms with Crippen molar-refractivity contribution in [3.05, 3.63) is 47.5 Å². The quantitative estimate of drug-likeness (QED) is 0.474. The molecule has 2 bridgehead atoms. The summed E-state index contributed by atoms with van der Waals surface area (Å²) < 4.78 is 11.6. The summed E-state index contributed by atoms with van der Waals surface area (Å²) in [4.78, 5) is 11.5. The minimum atomic E-state index is -0.346. The highest BCUT2D eigenvalue weighted by Crippen LogP contribution is 2.49. The van der Waals surface area contributed by atoms with E-state index in [1.807, 2.05) is 18.2 Å². The summed E-state index contributed by atoms with van der Waals surface area (Å²) in [6, 6.07) is 10.3. The van der Waals surface area contributed by atoms with Crippen LogP contribution in [0.2, 0.25) is 0 Å². The van der Waals surface area contributed by atoms with Crippen LogP contribution in [0.4, 0.5) is 0 Å². The van der Waals surface area contributed by atoms with Gasteiger partial charge in [0.25, 0.3) is 0 Å². The van der Waals surface area contributed by atoms with Gasteiger partial charge in [-0.3, -0.25) is 4.79 Å². The first-order chi connectivity index (χ1) is 11.1.